The van der Waals surface area contributed by atoms with Crippen molar-refractivity contribution in [2.24, 2.45) is 0 Å². The largest absolute Gasteiger partial charge is 0.346 e. The quantitative estimate of drug-likeness (QED) is 0.761. The van der Waals surface area contributed by atoms with Crippen LogP contribution < -0.4 is 5.32 Å². The first-order chi connectivity index (χ1) is 9.26. The zero-order chi connectivity index (χ0) is 13.2. The fraction of sp³-hybridized carbons (Fsp3) is 0.333. The van der Waals surface area contributed by atoms with Crippen LogP contribution in [-0.4, -0.2) is 29.4 Å². The van der Waals surface area contributed by atoms with Crippen molar-refractivity contribution < 1.29 is 0 Å². The molecule has 0 fully saturated rings. The van der Waals surface area contributed by atoms with Gasteiger partial charge in [-0.3, -0.25) is 0 Å². The molecule has 7 heteroatoms. The molecule has 0 amide bonds. The number of aromatic nitrogens is 6. The molecule has 7 nitrogen and oxygen atoms in total. The van der Waals surface area contributed by atoms with Crippen LogP contribution in [0.25, 0.3) is 5.65 Å². The number of hydrogen-bond acceptors (Lipinski definition) is 5. The maximum atomic E-state index is 4.41. The highest BCUT2D eigenvalue weighted by atomic mass is 15.4. The van der Waals surface area contributed by atoms with Crippen molar-refractivity contribution in [1.29, 1.82) is 0 Å². The van der Waals surface area contributed by atoms with Crippen LogP contribution in [0.15, 0.2) is 24.7 Å². The number of fused-ring (bicyclic) bond motifs is 1. The van der Waals surface area contributed by atoms with Gasteiger partial charge in [0.2, 0.25) is 5.95 Å². The lowest BCUT2D eigenvalue weighted by Gasteiger charge is -2.02. The molecule has 98 valence electrons. The number of hydrogen-bond donors (Lipinski definition) is 1. The van der Waals surface area contributed by atoms with Gasteiger partial charge in [0.25, 0.3) is 0 Å². The van der Waals surface area contributed by atoms with Gasteiger partial charge < -0.3 is 9.88 Å². The van der Waals surface area contributed by atoms with E-state index in [2.05, 4.69) is 32.5 Å². The molecule has 0 spiro atoms. The lowest BCUT2D eigenvalue weighted by atomic mass is 10.3. The van der Waals surface area contributed by atoms with Gasteiger partial charge in [-0.15, -0.1) is 15.3 Å². The van der Waals surface area contributed by atoms with Crippen molar-refractivity contribution in [2.75, 3.05) is 5.32 Å². The van der Waals surface area contributed by atoms with E-state index in [1.54, 1.807) is 10.8 Å². The number of pyridine rings is 1. The predicted octanol–water partition coefficient (Wildman–Crippen LogP) is 1.26. The van der Waals surface area contributed by atoms with Crippen LogP contribution in [-0.2, 0) is 13.1 Å². The molecule has 0 aromatic carbocycles. The van der Waals surface area contributed by atoms with Gasteiger partial charge in [0.05, 0.1) is 6.54 Å². The first-order valence-electron chi connectivity index (χ1n) is 6.20. The molecule has 0 aliphatic heterocycles. The Bertz CT molecular complexity index is 697. The summed E-state index contributed by atoms with van der Waals surface area (Å²) in [5.41, 5.74) is 2.00. The van der Waals surface area contributed by atoms with Crippen molar-refractivity contribution in [1.82, 2.24) is 29.4 Å². The molecular formula is C12H15N7. The third-order valence-corrected chi connectivity index (χ3v) is 2.93. The zero-order valence-electron chi connectivity index (χ0n) is 10.9. The highest BCUT2D eigenvalue weighted by Crippen LogP contribution is 2.08. The van der Waals surface area contributed by atoms with Gasteiger partial charge in [-0.1, -0.05) is 0 Å². The maximum absolute atomic E-state index is 4.41. The zero-order valence-corrected chi connectivity index (χ0v) is 10.9. The molecule has 0 saturated carbocycles. The molecule has 3 heterocycles. The van der Waals surface area contributed by atoms with Crippen LogP contribution in [0.3, 0.4) is 0 Å². The lowest BCUT2D eigenvalue weighted by Crippen LogP contribution is -2.08. The second kappa shape index (κ2) is 4.68. The average Bonchev–Trinajstić information content (AvgIpc) is 3.01. The van der Waals surface area contributed by atoms with E-state index >= 15 is 0 Å². The second-order valence-corrected chi connectivity index (χ2v) is 4.33. The van der Waals surface area contributed by atoms with Crippen LogP contribution >= 0.6 is 0 Å². The first kappa shape index (κ1) is 11.6. The number of nitrogens with zero attached hydrogens (tertiary/aromatic N) is 6. The topological polar surface area (TPSA) is 72.9 Å². The third kappa shape index (κ3) is 2.26. The predicted molar refractivity (Wildman–Crippen MR) is 70.7 cm³/mol. The molecule has 0 bridgehead atoms. The summed E-state index contributed by atoms with van der Waals surface area (Å²) >= 11 is 0. The van der Waals surface area contributed by atoms with Gasteiger partial charge in [-0.05, 0) is 31.5 Å². The van der Waals surface area contributed by atoms with Crippen LogP contribution in [0.5, 0.6) is 0 Å². The van der Waals surface area contributed by atoms with Gasteiger partial charge in [-0.25, -0.2) is 4.52 Å². The van der Waals surface area contributed by atoms with Crippen molar-refractivity contribution in [3.05, 3.63) is 36.0 Å². The molecule has 0 atom stereocenters. The Labute approximate surface area is 110 Å². The first-order valence-corrected chi connectivity index (χ1v) is 6.20. The smallest absolute Gasteiger partial charge is 0.243 e. The van der Waals surface area contributed by atoms with E-state index in [9.17, 15) is 0 Å². The Balaban J connectivity index is 1.78. The molecule has 0 unspecified atom stereocenters. The Morgan fingerprint density at radius 2 is 2.26 bits per heavy atom. The molecule has 1 N–H and O–H groups in total. The molecule has 3 aromatic heterocycles. The molecule has 3 rings (SSSR count). The van der Waals surface area contributed by atoms with Crippen molar-refractivity contribution in [2.45, 2.75) is 26.9 Å². The summed E-state index contributed by atoms with van der Waals surface area (Å²) in [5.74, 6) is 1.47. The molecule has 0 aliphatic carbocycles. The van der Waals surface area contributed by atoms with E-state index in [0.717, 1.165) is 23.6 Å². The van der Waals surface area contributed by atoms with Crippen molar-refractivity contribution in [3.63, 3.8) is 0 Å². The minimum Gasteiger partial charge on any atom is -0.346 e. The Morgan fingerprint density at radius 3 is 3.11 bits per heavy atom. The van der Waals surface area contributed by atoms with Gasteiger partial charge in [0.1, 0.15) is 6.33 Å². The molecule has 19 heavy (non-hydrogen) atoms. The monoisotopic (exact) mass is 257 g/mol. The summed E-state index contributed by atoms with van der Waals surface area (Å²) < 4.78 is 3.73. The molecule has 0 aliphatic rings. The summed E-state index contributed by atoms with van der Waals surface area (Å²) in [7, 11) is 0. The highest BCUT2D eigenvalue weighted by molar-refractivity contribution is 5.45. The Hall–Kier alpha value is -2.44. The van der Waals surface area contributed by atoms with E-state index in [1.807, 2.05) is 29.8 Å². The number of nitrogens with one attached hydrogen (secondary N) is 1. The van der Waals surface area contributed by atoms with Crippen LogP contribution in [0.4, 0.5) is 5.95 Å². The van der Waals surface area contributed by atoms with Crippen molar-refractivity contribution in [3.8, 4) is 0 Å². The molecular weight excluding hydrogens is 242 g/mol. The summed E-state index contributed by atoms with van der Waals surface area (Å²) in [6.45, 7) is 5.50. The van der Waals surface area contributed by atoms with Crippen LogP contribution in [0.2, 0.25) is 0 Å². The summed E-state index contributed by atoms with van der Waals surface area (Å²) in [6.07, 6.45) is 3.62. The van der Waals surface area contributed by atoms with Gasteiger partial charge in [0, 0.05) is 12.7 Å². The summed E-state index contributed by atoms with van der Waals surface area (Å²) in [5, 5.41) is 15.5. The summed E-state index contributed by atoms with van der Waals surface area (Å²) in [4.78, 5) is 4.41. The standard InChI is InChI=1S/C12H15N7/c1-3-18-8-14-16-11(18)7-13-12-15-10-6-9(2)4-5-19(10)17-12/h4-6,8H,3,7H2,1-2H3,(H,13,17). The van der Waals surface area contributed by atoms with Gasteiger partial charge in [-0.2, -0.15) is 4.98 Å². The normalized spacial score (nSPS) is 11.1. The summed E-state index contributed by atoms with van der Waals surface area (Å²) in [6, 6.07) is 3.99. The number of anilines is 1. The van der Waals surface area contributed by atoms with E-state index in [4.69, 9.17) is 0 Å². The van der Waals surface area contributed by atoms with Crippen molar-refractivity contribution >= 4 is 11.6 Å². The minimum absolute atomic E-state index is 0.559. The molecule has 0 saturated heterocycles. The fourth-order valence-electron chi connectivity index (χ4n) is 1.90. The van der Waals surface area contributed by atoms with E-state index in [-0.39, 0.29) is 0 Å². The SMILES string of the molecule is CCn1cnnc1CNc1nc2cc(C)ccn2n1. The number of rotatable bonds is 4. The fourth-order valence-corrected chi connectivity index (χ4v) is 1.90. The number of aryl methyl sites for hydroxylation is 2. The lowest BCUT2D eigenvalue weighted by molar-refractivity contribution is 0.706. The van der Waals surface area contributed by atoms with Gasteiger partial charge in [0.15, 0.2) is 11.5 Å². The van der Waals surface area contributed by atoms with E-state index < -0.39 is 0 Å². The minimum atomic E-state index is 0.559. The van der Waals surface area contributed by atoms with E-state index in [0.29, 0.717) is 12.5 Å². The molecule has 0 radical (unpaired) electrons. The van der Waals surface area contributed by atoms with Gasteiger partial charge >= 0.3 is 0 Å². The van der Waals surface area contributed by atoms with Crippen LogP contribution in [0.1, 0.15) is 18.3 Å². The second-order valence-electron chi connectivity index (χ2n) is 4.33. The Kier molecular flexibility index (Phi) is 2.86. The average molecular weight is 257 g/mol. The Morgan fingerprint density at radius 1 is 1.37 bits per heavy atom. The van der Waals surface area contributed by atoms with Crippen LogP contribution in [0, 0.1) is 6.92 Å². The van der Waals surface area contributed by atoms with E-state index in [1.165, 1.54) is 0 Å². The maximum Gasteiger partial charge on any atom is 0.243 e. The third-order valence-electron chi connectivity index (χ3n) is 2.93. The molecule has 3 aromatic rings. The highest BCUT2D eigenvalue weighted by Gasteiger charge is 2.06.